The van der Waals surface area contributed by atoms with Crippen molar-refractivity contribution in [2.24, 2.45) is 0 Å². The monoisotopic (exact) mass is 874 g/mol. The molecule has 0 aromatic heterocycles. The van der Waals surface area contributed by atoms with Crippen molar-refractivity contribution in [3.63, 3.8) is 0 Å². The van der Waals surface area contributed by atoms with Crippen LogP contribution in [0.2, 0.25) is 20.1 Å². The fraction of sp³-hybridized carbons (Fsp3) is 0.364. The lowest BCUT2D eigenvalue weighted by atomic mass is 9.82. The third kappa shape index (κ3) is 9.78. The molecule has 0 amide bonds. The summed E-state index contributed by atoms with van der Waals surface area (Å²) >= 11 is 24.7. The second-order valence-electron chi connectivity index (χ2n) is 15.0. The van der Waals surface area contributed by atoms with Crippen LogP contribution in [0.1, 0.15) is 99.6 Å². The van der Waals surface area contributed by atoms with E-state index >= 15 is 0 Å². The first-order chi connectivity index (χ1) is 26.5. The van der Waals surface area contributed by atoms with E-state index in [1.807, 2.05) is 125 Å². The van der Waals surface area contributed by atoms with Crippen molar-refractivity contribution in [3.8, 4) is 0 Å². The zero-order chi connectivity index (χ0) is 40.9. The predicted molar refractivity (Wildman–Crippen MR) is 235 cm³/mol. The van der Waals surface area contributed by atoms with Crippen LogP contribution in [0.5, 0.6) is 0 Å². The Hall–Kier alpha value is -2.66. The molecule has 2 heterocycles. The number of hydrogen-bond donors (Lipinski definition) is 0. The molecule has 2 aliphatic heterocycles. The van der Waals surface area contributed by atoms with E-state index in [0.717, 1.165) is 22.3 Å². The van der Waals surface area contributed by atoms with Gasteiger partial charge in [0.1, 0.15) is 0 Å². The lowest BCUT2D eigenvalue weighted by Gasteiger charge is -2.46. The highest BCUT2D eigenvalue weighted by molar-refractivity contribution is 7.90. The lowest BCUT2D eigenvalue weighted by Crippen LogP contribution is -2.51. The Balaban J connectivity index is 0.000000214. The van der Waals surface area contributed by atoms with Gasteiger partial charge in [-0.15, -0.1) is 13.2 Å². The van der Waals surface area contributed by atoms with Gasteiger partial charge in [-0.2, -0.15) is 8.61 Å². The Morgan fingerprint density at radius 3 is 1.18 bits per heavy atom. The van der Waals surface area contributed by atoms with Gasteiger partial charge in [-0.1, -0.05) is 107 Å². The Labute approximate surface area is 354 Å². The molecule has 0 radical (unpaired) electrons. The topological polar surface area (TPSA) is 74.8 Å². The molecule has 0 spiro atoms. The smallest absolute Gasteiger partial charge is 0.212 e. The molecule has 4 aromatic carbocycles. The molecule has 56 heavy (non-hydrogen) atoms. The highest BCUT2D eigenvalue weighted by atomic mass is 35.5. The average molecular weight is 877 g/mol. The Morgan fingerprint density at radius 1 is 0.554 bits per heavy atom. The molecule has 4 aromatic rings. The van der Waals surface area contributed by atoms with Gasteiger partial charge < -0.3 is 0 Å². The summed E-state index contributed by atoms with van der Waals surface area (Å²) in [5, 5.41) is 1.55. The van der Waals surface area contributed by atoms with Crippen LogP contribution in [0, 0.1) is 0 Å². The molecule has 0 bridgehead atoms. The molecular weight excluding hydrogens is 826 g/mol. The third-order valence-corrected chi connectivity index (χ3v) is 16.5. The van der Waals surface area contributed by atoms with Crippen molar-refractivity contribution in [1.29, 1.82) is 0 Å². The van der Waals surface area contributed by atoms with Gasteiger partial charge in [0.15, 0.2) is 0 Å². The van der Waals surface area contributed by atoms with E-state index in [2.05, 4.69) is 13.2 Å². The number of allylic oxidation sites excluding steroid dienone is 2. The summed E-state index contributed by atoms with van der Waals surface area (Å²) < 4.78 is 57.2. The van der Waals surface area contributed by atoms with Crippen molar-refractivity contribution < 1.29 is 16.8 Å². The van der Waals surface area contributed by atoms with E-state index in [1.54, 1.807) is 20.8 Å². The van der Waals surface area contributed by atoms with Crippen molar-refractivity contribution in [1.82, 2.24) is 8.61 Å². The molecule has 0 aliphatic carbocycles. The Kier molecular flexibility index (Phi) is 15.0. The van der Waals surface area contributed by atoms with Gasteiger partial charge in [0.05, 0.1) is 22.6 Å². The molecule has 0 N–H and O–H groups in total. The van der Waals surface area contributed by atoms with Gasteiger partial charge in [0.25, 0.3) is 0 Å². The summed E-state index contributed by atoms with van der Waals surface area (Å²) in [6.07, 6.45) is 5.28. The van der Waals surface area contributed by atoms with Gasteiger partial charge in [-0.05, 0) is 124 Å². The maximum absolute atomic E-state index is 13.5. The van der Waals surface area contributed by atoms with Crippen LogP contribution < -0.4 is 0 Å². The fourth-order valence-electron chi connectivity index (χ4n) is 8.31. The summed E-state index contributed by atoms with van der Waals surface area (Å²) in [6, 6.07) is 29.4. The summed E-state index contributed by atoms with van der Waals surface area (Å²) in [4.78, 5) is 0. The molecule has 12 heteroatoms. The number of halogens is 4. The zero-order valence-electron chi connectivity index (χ0n) is 32.1. The summed E-state index contributed by atoms with van der Waals surface area (Å²) in [5.74, 6) is -0.0356. The minimum atomic E-state index is -3.49. The average Bonchev–Trinajstić information content (AvgIpc) is 3.13. The standard InChI is InChI=1S/2C22H25Cl2NO2S/c2*1-4-6-20-14-21(17-7-5-8-19(24)13-17)22(16-9-11-18(23)12-10-16)25(15(2)3)28(20,26)27/h2*4-5,7-13,15,20-22H,1,6,14H2,2-3H3/t20-,21+,22+;20-,21-,22-/m01/s1. The SMILES string of the molecule is C=CC[C@@H]1C[C@H](c2cccc(Cl)c2)[C@@H](c2ccc(Cl)cc2)N(C(C)C)S1(=O)=O.C=CC[C@H]1C[C@H](c2cccc(Cl)c2)[C@@H](c2ccc(Cl)cc2)N(C(C)C)S1(=O)=O. The van der Waals surface area contributed by atoms with Crippen LogP contribution in [0.3, 0.4) is 0 Å². The molecule has 6 rings (SSSR count). The fourth-order valence-corrected chi connectivity index (χ4v) is 13.7. The van der Waals surface area contributed by atoms with Gasteiger partial charge in [0.2, 0.25) is 20.0 Å². The molecular formula is C44H50Cl4N2O4S2. The lowest BCUT2D eigenvalue weighted by molar-refractivity contribution is 0.210. The quantitative estimate of drug-likeness (QED) is 0.149. The van der Waals surface area contributed by atoms with E-state index in [1.165, 1.54) is 0 Å². The van der Waals surface area contributed by atoms with E-state index in [9.17, 15) is 16.8 Å². The van der Waals surface area contributed by atoms with E-state index in [-0.39, 0.29) is 36.0 Å². The molecule has 300 valence electrons. The van der Waals surface area contributed by atoms with Crippen LogP contribution in [0.15, 0.2) is 122 Å². The van der Waals surface area contributed by atoms with Crippen LogP contribution in [-0.2, 0) is 20.0 Å². The molecule has 2 aliphatic rings. The first-order valence-electron chi connectivity index (χ1n) is 18.8. The Bertz CT molecular complexity index is 2040. The molecule has 6 nitrogen and oxygen atoms in total. The van der Waals surface area contributed by atoms with Gasteiger partial charge in [-0.3, -0.25) is 0 Å². The molecule has 2 saturated heterocycles. The first-order valence-corrected chi connectivity index (χ1v) is 23.3. The maximum atomic E-state index is 13.5. The van der Waals surface area contributed by atoms with Crippen LogP contribution >= 0.6 is 46.4 Å². The van der Waals surface area contributed by atoms with Gasteiger partial charge >= 0.3 is 0 Å². The van der Waals surface area contributed by atoms with E-state index in [0.29, 0.717) is 45.8 Å². The van der Waals surface area contributed by atoms with E-state index < -0.39 is 30.5 Å². The predicted octanol–water partition coefficient (Wildman–Crippen LogP) is 12.4. The number of nitrogens with zero attached hydrogens (tertiary/aromatic N) is 2. The summed E-state index contributed by atoms with van der Waals surface area (Å²) in [5.41, 5.74) is 3.96. The van der Waals surface area contributed by atoms with Crippen molar-refractivity contribution in [2.45, 2.75) is 99.9 Å². The number of sulfonamides is 2. The van der Waals surface area contributed by atoms with Gasteiger partial charge in [-0.25, -0.2) is 16.8 Å². The minimum absolute atomic E-state index is 0.0178. The molecule has 6 atom stereocenters. The van der Waals surface area contributed by atoms with Gasteiger partial charge in [0, 0.05) is 44.0 Å². The summed E-state index contributed by atoms with van der Waals surface area (Å²) in [6.45, 7) is 15.2. The highest BCUT2D eigenvalue weighted by Gasteiger charge is 2.49. The second kappa shape index (κ2) is 18.9. The summed E-state index contributed by atoms with van der Waals surface area (Å²) in [7, 11) is -6.98. The number of rotatable bonds is 10. The third-order valence-electron chi connectivity index (χ3n) is 10.6. The number of hydrogen-bond acceptors (Lipinski definition) is 4. The van der Waals surface area contributed by atoms with Crippen LogP contribution in [0.4, 0.5) is 0 Å². The normalized spacial score (nSPS) is 25.0. The van der Waals surface area contributed by atoms with Crippen LogP contribution in [-0.4, -0.2) is 48.0 Å². The molecule has 0 unspecified atom stereocenters. The van der Waals surface area contributed by atoms with E-state index in [4.69, 9.17) is 46.4 Å². The maximum Gasteiger partial charge on any atom is 0.218 e. The minimum Gasteiger partial charge on any atom is -0.212 e. The molecule has 2 fully saturated rings. The Morgan fingerprint density at radius 2 is 0.893 bits per heavy atom. The van der Waals surface area contributed by atoms with Crippen molar-refractivity contribution in [2.75, 3.05) is 0 Å². The van der Waals surface area contributed by atoms with Crippen molar-refractivity contribution >= 4 is 66.5 Å². The largest absolute Gasteiger partial charge is 0.218 e. The van der Waals surface area contributed by atoms with Crippen molar-refractivity contribution in [3.05, 3.63) is 165 Å². The first kappa shape index (κ1) is 44.4. The second-order valence-corrected chi connectivity index (χ2v) is 21.0. The highest BCUT2D eigenvalue weighted by Crippen LogP contribution is 2.50. The molecule has 0 saturated carbocycles. The zero-order valence-corrected chi connectivity index (χ0v) is 36.8. The van der Waals surface area contributed by atoms with Crippen LogP contribution in [0.25, 0.3) is 0 Å². The number of benzene rings is 4.